The molecule has 3 rings (SSSR count). The van der Waals surface area contributed by atoms with Crippen LogP contribution in [0, 0.1) is 0 Å². The summed E-state index contributed by atoms with van der Waals surface area (Å²) < 4.78 is 0. The summed E-state index contributed by atoms with van der Waals surface area (Å²) in [5.41, 5.74) is 4.10. The molecule has 2 unspecified atom stereocenters. The van der Waals surface area contributed by atoms with Crippen LogP contribution in [-0.2, 0) is 22.7 Å². The normalized spacial score (nSPS) is 15.2. The van der Waals surface area contributed by atoms with Crippen LogP contribution in [0.5, 0.6) is 5.75 Å². The zero-order chi connectivity index (χ0) is 23.7. The number of phenols is 1. The highest BCUT2D eigenvalue weighted by Crippen LogP contribution is 2.44. The number of rotatable bonds is 5. The monoisotopic (exact) mass is 430 g/mol. The molecule has 0 saturated carbocycles. The third kappa shape index (κ3) is 4.91. The molecule has 2 N–H and O–H groups in total. The van der Waals surface area contributed by atoms with E-state index < -0.39 is 11.5 Å². The second-order valence-corrected chi connectivity index (χ2v) is 11.3. The average Bonchev–Trinajstić information content (AvgIpc) is 2.74. The molecule has 32 heavy (non-hydrogen) atoms. The van der Waals surface area contributed by atoms with Gasteiger partial charge in [-0.1, -0.05) is 121 Å². The molecule has 2 heteroatoms. The first-order chi connectivity index (χ1) is 14.8. The molecular formula is C30H38O2. The molecule has 0 saturated heterocycles. The van der Waals surface area contributed by atoms with Gasteiger partial charge in [-0.2, -0.15) is 0 Å². The lowest BCUT2D eigenvalue weighted by Crippen LogP contribution is -2.33. The van der Waals surface area contributed by atoms with Crippen molar-refractivity contribution in [3.05, 3.63) is 101 Å². The van der Waals surface area contributed by atoms with E-state index in [2.05, 4.69) is 72.7 Å². The topological polar surface area (TPSA) is 40.5 Å². The molecule has 0 heterocycles. The first kappa shape index (κ1) is 24.1. The molecule has 3 aromatic carbocycles. The molecule has 0 aliphatic heterocycles. The molecule has 3 aromatic rings. The van der Waals surface area contributed by atoms with Crippen molar-refractivity contribution >= 4 is 0 Å². The van der Waals surface area contributed by atoms with Gasteiger partial charge in [0.1, 0.15) is 5.75 Å². The second kappa shape index (κ2) is 8.75. The molecule has 0 aliphatic carbocycles. The quantitative estimate of drug-likeness (QED) is 0.448. The zero-order valence-electron chi connectivity index (χ0n) is 20.6. The molecule has 2 nitrogen and oxygen atoms in total. The largest absolute Gasteiger partial charge is 0.507 e. The Kier molecular flexibility index (Phi) is 6.58. The van der Waals surface area contributed by atoms with E-state index in [1.807, 2.05) is 48.5 Å². The van der Waals surface area contributed by atoms with E-state index in [-0.39, 0.29) is 10.8 Å². The van der Waals surface area contributed by atoms with Crippen LogP contribution in [0.2, 0.25) is 0 Å². The van der Waals surface area contributed by atoms with Crippen LogP contribution >= 0.6 is 0 Å². The van der Waals surface area contributed by atoms with Crippen molar-refractivity contribution in [1.29, 1.82) is 0 Å². The number of aliphatic hydroxyl groups excluding tert-OH is 1. The number of phenolic OH excluding ortho intramolecular Hbond substituents is 1. The molecule has 0 aliphatic rings. The van der Waals surface area contributed by atoms with Crippen LogP contribution in [0.3, 0.4) is 0 Å². The fourth-order valence-electron chi connectivity index (χ4n) is 4.54. The summed E-state index contributed by atoms with van der Waals surface area (Å²) in [6.45, 7) is 14.9. The Morgan fingerprint density at radius 1 is 0.688 bits per heavy atom. The Bertz CT molecular complexity index is 1000. The van der Waals surface area contributed by atoms with Gasteiger partial charge in [-0.15, -0.1) is 0 Å². The molecule has 0 fully saturated rings. The summed E-state index contributed by atoms with van der Waals surface area (Å²) in [6, 6.07) is 24.4. The summed E-state index contributed by atoms with van der Waals surface area (Å²) in [5.74, 6) is 0.388. The summed E-state index contributed by atoms with van der Waals surface area (Å²) in [5, 5.41) is 22.8. The van der Waals surface area contributed by atoms with E-state index in [9.17, 15) is 10.2 Å². The van der Waals surface area contributed by atoms with Gasteiger partial charge in [0.25, 0.3) is 0 Å². The number of hydrogen-bond acceptors (Lipinski definition) is 2. The van der Waals surface area contributed by atoms with Gasteiger partial charge in [0.2, 0.25) is 0 Å². The van der Waals surface area contributed by atoms with Crippen molar-refractivity contribution in [3.8, 4) is 5.75 Å². The van der Waals surface area contributed by atoms with Crippen molar-refractivity contribution in [1.82, 2.24) is 0 Å². The second-order valence-electron chi connectivity index (χ2n) is 11.3. The van der Waals surface area contributed by atoms with Crippen molar-refractivity contribution in [2.45, 2.75) is 77.2 Å². The Labute approximate surface area is 194 Å². The van der Waals surface area contributed by atoms with Gasteiger partial charge in [-0.25, -0.2) is 0 Å². The Morgan fingerprint density at radius 3 is 1.56 bits per heavy atom. The average molecular weight is 431 g/mol. The molecule has 2 atom stereocenters. The van der Waals surface area contributed by atoms with E-state index in [0.29, 0.717) is 12.2 Å². The van der Waals surface area contributed by atoms with E-state index in [4.69, 9.17) is 0 Å². The zero-order valence-corrected chi connectivity index (χ0v) is 20.6. The first-order valence-corrected chi connectivity index (χ1v) is 11.5. The molecular weight excluding hydrogens is 392 g/mol. The fourth-order valence-corrected chi connectivity index (χ4v) is 4.54. The smallest absolute Gasteiger partial charge is 0.123 e. The summed E-state index contributed by atoms with van der Waals surface area (Å²) in [7, 11) is 0. The van der Waals surface area contributed by atoms with Gasteiger partial charge >= 0.3 is 0 Å². The predicted molar refractivity (Wildman–Crippen MR) is 134 cm³/mol. The third-order valence-corrected chi connectivity index (χ3v) is 6.51. The maximum Gasteiger partial charge on any atom is 0.123 e. The highest BCUT2D eigenvalue weighted by molar-refractivity contribution is 5.50. The molecule has 0 bridgehead atoms. The van der Waals surface area contributed by atoms with Gasteiger partial charge in [0, 0.05) is 5.41 Å². The highest BCUT2D eigenvalue weighted by atomic mass is 16.3. The van der Waals surface area contributed by atoms with Crippen molar-refractivity contribution < 1.29 is 10.2 Å². The summed E-state index contributed by atoms with van der Waals surface area (Å²) >= 11 is 0. The Hall–Kier alpha value is -2.58. The van der Waals surface area contributed by atoms with Crippen LogP contribution in [0.4, 0.5) is 0 Å². The fraction of sp³-hybridized carbons (Fsp3) is 0.400. The summed E-state index contributed by atoms with van der Waals surface area (Å²) in [6.07, 6.45) is -0.0180. The van der Waals surface area contributed by atoms with Crippen molar-refractivity contribution in [2.24, 2.45) is 0 Å². The van der Waals surface area contributed by atoms with E-state index in [0.717, 1.165) is 27.8 Å². The van der Waals surface area contributed by atoms with Gasteiger partial charge in [-0.3, -0.25) is 0 Å². The first-order valence-electron chi connectivity index (χ1n) is 11.5. The van der Waals surface area contributed by atoms with Gasteiger partial charge in [0.15, 0.2) is 0 Å². The predicted octanol–water partition coefficient (Wildman–Crippen LogP) is 7.22. The molecule has 0 amide bonds. The maximum absolute atomic E-state index is 11.6. The Balaban J connectivity index is 2.19. The van der Waals surface area contributed by atoms with Gasteiger partial charge in [0.05, 0.1) is 6.10 Å². The lowest BCUT2D eigenvalue weighted by atomic mass is 9.69. The van der Waals surface area contributed by atoms with Crippen LogP contribution in [0.25, 0.3) is 0 Å². The molecule has 0 aromatic heterocycles. The molecule has 0 radical (unpaired) electrons. The van der Waals surface area contributed by atoms with Crippen LogP contribution in [-0.4, -0.2) is 10.2 Å². The minimum atomic E-state index is -0.670. The maximum atomic E-state index is 11.6. The summed E-state index contributed by atoms with van der Waals surface area (Å²) in [4.78, 5) is 0. The van der Waals surface area contributed by atoms with E-state index in [1.165, 1.54) is 0 Å². The lowest BCUT2D eigenvalue weighted by molar-refractivity contribution is 0.0893. The number of benzene rings is 3. The van der Waals surface area contributed by atoms with Gasteiger partial charge in [-0.05, 0) is 45.1 Å². The van der Waals surface area contributed by atoms with Crippen LogP contribution < -0.4 is 0 Å². The molecule has 0 spiro atoms. The molecule has 170 valence electrons. The third-order valence-electron chi connectivity index (χ3n) is 6.51. The van der Waals surface area contributed by atoms with Crippen molar-refractivity contribution in [2.75, 3.05) is 0 Å². The van der Waals surface area contributed by atoms with E-state index >= 15 is 0 Å². The van der Waals surface area contributed by atoms with E-state index in [1.54, 1.807) is 0 Å². The lowest BCUT2D eigenvalue weighted by Gasteiger charge is -2.37. The van der Waals surface area contributed by atoms with Crippen molar-refractivity contribution in [3.63, 3.8) is 0 Å². The number of aromatic hydroxyl groups is 1. The van der Waals surface area contributed by atoms with Crippen LogP contribution in [0.1, 0.15) is 82.4 Å². The van der Waals surface area contributed by atoms with Crippen LogP contribution in [0.15, 0.2) is 72.8 Å². The highest BCUT2D eigenvalue weighted by Gasteiger charge is 2.37. The minimum Gasteiger partial charge on any atom is -0.507 e. The minimum absolute atomic E-state index is 0.193. The number of aliphatic hydroxyl groups is 1. The number of hydrogen-bond donors (Lipinski definition) is 2. The SMILES string of the molecule is CC(C)(C)c1cc(CC(C)(c2ccccc2)C(O)c2ccccc2)cc(C(C)(C)C)c1O. The Morgan fingerprint density at radius 2 is 1.12 bits per heavy atom. The van der Waals surface area contributed by atoms with Gasteiger partial charge < -0.3 is 10.2 Å². The standard InChI is InChI=1S/C30H38O2/c1-28(2,3)24-18-21(19-25(26(24)31)29(4,5)6)20-30(7,23-16-12-9-13-17-23)27(32)22-14-10-8-11-15-22/h8-19,27,31-32H,20H2,1-7H3.